The number of urea groups is 1. The monoisotopic (exact) mass is 199 g/mol. The van der Waals surface area contributed by atoms with Crippen molar-refractivity contribution in [3.8, 4) is 6.07 Å². The molecule has 1 saturated heterocycles. The minimum atomic E-state index is -0.382. The van der Waals surface area contributed by atoms with E-state index in [1.54, 1.807) is 16.7 Å². The molecule has 13 heavy (non-hydrogen) atoms. The third-order valence-corrected chi connectivity index (χ3v) is 3.76. The summed E-state index contributed by atoms with van der Waals surface area (Å²) in [7, 11) is 0. The van der Waals surface area contributed by atoms with Crippen molar-refractivity contribution >= 4 is 17.8 Å². The fourth-order valence-corrected chi connectivity index (χ4v) is 2.13. The summed E-state index contributed by atoms with van der Waals surface area (Å²) in [6, 6.07) is 1.93. The molecule has 0 spiro atoms. The van der Waals surface area contributed by atoms with Crippen LogP contribution in [0.15, 0.2) is 0 Å². The lowest BCUT2D eigenvalue weighted by Gasteiger charge is -2.35. The molecule has 0 atom stereocenters. The van der Waals surface area contributed by atoms with Crippen LogP contribution >= 0.6 is 11.8 Å². The highest BCUT2D eigenvalue weighted by atomic mass is 32.2. The molecule has 0 aromatic carbocycles. The topological polar surface area (TPSA) is 70.1 Å². The van der Waals surface area contributed by atoms with Gasteiger partial charge in [0.1, 0.15) is 4.75 Å². The lowest BCUT2D eigenvalue weighted by molar-refractivity contribution is 0.192. The second-order valence-corrected chi connectivity index (χ2v) is 4.33. The van der Waals surface area contributed by atoms with Crippen LogP contribution in [0.5, 0.6) is 0 Å². The largest absolute Gasteiger partial charge is 0.351 e. The number of carbonyl (C=O) groups excluding carboxylic acids is 1. The van der Waals surface area contributed by atoms with E-state index in [0.29, 0.717) is 25.9 Å². The third-order valence-electron chi connectivity index (χ3n) is 2.48. The van der Waals surface area contributed by atoms with Crippen LogP contribution in [0.1, 0.15) is 12.8 Å². The van der Waals surface area contributed by atoms with E-state index in [1.165, 1.54) is 0 Å². The Morgan fingerprint density at radius 2 is 2.15 bits per heavy atom. The first-order valence-electron chi connectivity index (χ1n) is 4.14. The number of primary amides is 1. The maximum absolute atomic E-state index is 10.8. The highest BCUT2D eigenvalue weighted by Crippen LogP contribution is 2.33. The van der Waals surface area contributed by atoms with Crippen molar-refractivity contribution in [3.63, 3.8) is 0 Å². The maximum atomic E-state index is 10.8. The number of carbonyl (C=O) groups is 1. The summed E-state index contributed by atoms with van der Waals surface area (Å²) in [5.41, 5.74) is 5.14. The van der Waals surface area contributed by atoms with Crippen molar-refractivity contribution in [2.75, 3.05) is 19.3 Å². The molecule has 1 aliphatic heterocycles. The molecule has 1 rings (SSSR count). The van der Waals surface area contributed by atoms with Gasteiger partial charge >= 0.3 is 6.03 Å². The van der Waals surface area contributed by atoms with Crippen LogP contribution in [-0.2, 0) is 0 Å². The zero-order valence-corrected chi connectivity index (χ0v) is 8.43. The third kappa shape index (κ3) is 2.07. The number of hydrogen-bond acceptors (Lipinski definition) is 3. The summed E-state index contributed by atoms with van der Waals surface area (Å²) in [5, 5.41) is 8.96. The van der Waals surface area contributed by atoms with Gasteiger partial charge in [-0.3, -0.25) is 0 Å². The first kappa shape index (κ1) is 10.2. The molecule has 2 N–H and O–H groups in total. The molecule has 0 saturated carbocycles. The van der Waals surface area contributed by atoms with Gasteiger partial charge in [-0.1, -0.05) is 0 Å². The minimum absolute atomic E-state index is 0.300. The number of hydrogen-bond donors (Lipinski definition) is 1. The number of thioether (sulfide) groups is 1. The number of amides is 2. The van der Waals surface area contributed by atoms with Crippen LogP contribution in [0.3, 0.4) is 0 Å². The van der Waals surface area contributed by atoms with E-state index in [0.717, 1.165) is 0 Å². The Morgan fingerprint density at radius 3 is 2.46 bits per heavy atom. The second kappa shape index (κ2) is 3.88. The van der Waals surface area contributed by atoms with Gasteiger partial charge in [-0.05, 0) is 19.1 Å². The predicted octanol–water partition coefficient (Wildman–Crippen LogP) is 0.786. The average Bonchev–Trinajstić information content (AvgIpc) is 2.18. The summed E-state index contributed by atoms with van der Waals surface area (Å²) in [5.74, 6) is 0. The molecule has 0 bridgehead atoms. The van der Waals surface area contributed by atoms with Crippen molar-refractivity contribution in [2.24, 2.45) is 5.73 Å². The number of likely N-dealkylation sites (tertiary alicyclic amines) is 1. The van der Waals surface area contributed by atoms with Crippen molar-refractivity contribution in [1.82, 2.24) is 4.90 Å². The Morgan fingerprint density at radius 1 is 1.62 bits per heavy atom. The Hall–Kier alpha value is -0.890. The Labute approximate surface area is 82.1 Å². The van der Waals surface area contributed by atoms with Gasteiger partial charge in [0.25, 0.3) is 0 Å². The van der Waals surface area contributed by atoms with Crippen molar-refractivity contribution in [2.45, 2.75) is 17.6 Å². The van der Waals surface area contributed by atoms with Crippen molar-refractivity contribution in [3.05, 3.63) is 0 Å². The van der Waals surface area contributed by atoms with Gasteiger partial charge in [-0.15, -0.1) is 11.8 Å². The highest BCUT2D eigenvalue weighted by molar-refractivity contribution is 8.00. The van der Waals surface area contributed by atoms with E-state index >= 15 is 0 Å². The van der Waals surface area contributed by atoms with Crippen LogP contribution in [0.25, 0.3) is 0 Å². The molecule has 0 radical (unpaired) electrons. The van der Waals surface area contributed by atoms with Crippen molar-refractivity contribution < 1.29 is 4.79 Å². The van der Waals surface area contributed by atoms with E-state index in [-0.39, 0.29) is 10.8 Å². The SMILES string of the molecule is CSC1(C#N)CCN(C(N)=O)CC1. The lowest BCUT2D eigenvalue weighted by Crippen LogP contribution is -2.46. The van der Waals surface area contributed by atoms with Gasteiger partial charge in [-0.25, -0.2) is 4.79 Å². The minimum Gasteiger partial charge on any atom is -0.351 e. The lowest BCUT2D eigenvalue weighted by atomic mass is 9.97. The molecule has 4 nitrogen and oxygen atoms in total. The number of piperidine rings is 1. The highest BCUT2D eigenvalue weighted by Gasteiger charge is 2.34. The van der Waals surface area contributed by atoms with Gasteiger partial charge in [0.05, 0.1) is 6.07 Å². The summed E-state index contributed by atoms with van der Waals surface area (Å²) in [4.78, 5) is 12.4. The number of rotatable bonds is 1. The molecular formula is C8H13N3OS. The molecule has 0 aliphatic carbocycles. The quantitative estimate of drug-likeness (QED) is 0.678. The fraction of sp³-hybridized carbons (Fsp3) is 0.750. The molecule has 2 amide bonds. The Kier molecular flexibility index (Phi) is 3.04. The van der Waals surface area contributed by atoms with Gasteiger partial charge < -0.3 is 10.6 Å². The van der Waals surface area contributed by atoms with Gasteiger partial charge in [0.2, 0.25) is 0 Å². The number of nitrogens with zero attached hydrogens (tertiary/aromatic N) is 2. The number of nitrogens with two attached hydrogens (primary N) is 1. The summed E-state index contributed by atoms with van der Waals surface area (Å²) in [6.45, 7) is 1.20. The van der Waals surface area contributed by atoms with Crippen LogP contribution in [0.4, 0.5) is 4.79 Å². The second-order valence-electron chi connectivity index (χ2n) is 3.14. The van der Waals surface area contributed by atoms with E-state index in [1.807, 2.05) is 6.26 Å². The molecule has 0 aromatic rings. The standard InChI is InChI=1S/C8H13N3OS/c1-13-8(6-9)2-4-11(5-3-8)7(10)12/h2-5H2,1H3,(H2,10,12). The maximum Gasteiger partial charge on any atom is 0.314 e. The molecule has 1 fully saturated rings. The van der Waals surface area contributed by atoms with E-state index < -0.39 is 0 Å². The smallest absolute Gasteiger partial charge is 0.314 e. The molecule has 72 valence electrons. The van der Waals surface area contributed by atoms with E-state index in [9.17, 15) is 4.79 Å². The van der Waals surface area contributed by atoms with Crippen molar-refractivity contribution in [1.29, 1.82) is 5.26 Å². The zero-order valence-electron chi connectivity index (χ0n) is 7.62. The molecule has 1 aliphatic rings. The molecular weight excluding hydrogens is 186 g/mol. The van der Waals surface area contributed by atoms with Crippen LogP contribution in [0.2, 0.25) is 0 Å². The first-order chi connectivity index (χ1) is 6.13. The Bertz CT molecular complexity index is 240. The van der Waals surface area contributed by atoms with Crippen LogP contribution < -0.4 is 5.73 Å². The molecule has 1 heterocycles. The van der Waals surface area contributed by atoms with Gasteiger partial charge in [-0.2, -0.15) is 5.26 Å². The molecule has 0 unspecified atom stereocenters. The fourth-order valence-electron chi connectivity index (χ4n) is 1.45. The first-order valence-corrected chi connectivity index (χ1v) is 5.37. The van der Waals surface area contributed by atoms with Crippen LogP contribution in [0, 0.1) is 11.3 Å². The Balaban J connectivity index is 2.56. The summed E-state index contributed by atoms with van der Waals surface area (Å²) in [6.07, 6.45) is 3.37. The predicted molar refractivity (Wildman–Crippen MR) is 52.2 cm³/mol. The zero-order chi connectivity index (χ0) is 9.90. The number of nitriles is 1. The normalized spacial score (nSPS) is 20.8. The van der Waals surface area contributed by atoms with E-state index in [4.69, 9.17) is 11.0 Å². The van der Waals surface area contributed by atoms with Crippen LogP contribution in [-0.4, -0.2) is 35.0 Å². The molecule has 0 aromatic heterocycles. The summed E-state index contributed by atoms with van der Waals surface area (Å²) >= 11 is 1.57. The molecule has 5 heteroatoms. The average molecular weight is 199 g/mol. The van der Waals surface area contributed by atoms with Gasteiger partial charge in [0.15, 0.2) is 0 Å². The van der Waals surface area contributed by atoms with E-state index in [2.05, 4.69) is 6.07 Å². The van der Waals surface area contributed by atoms with Gasteiger partial charge in [0, 0.05) is 13.1 Å². The summed E-state index contributed by atoms with van der Waals surface area (Å²) < 4.78 is -0.300.